The van der Waals surface area contributed by atoms with E-state index in [1.54, 1.807) is 18.2 Å². The number of carbonyl (C=O) groups excluding carboxylic acids is 3. The molecule has 1 fully saturated rings. The molecule has 4 heterocycles. The smallest absolute Gasteiger partial charge is 0.308 e. The molecule has 2 aromatic carbocycles. The molecule has 2 aromatic heterocycles. The van der Waals surface area contributed by atoms with Crippen molar-refractivity contribution in [3.63, 3.8) is 0 Å². The highest BCUT2D eigenvalue weighted by atomic mass is 32.2. The number of benzene rings is 2. The third kappa shape index (κ3) is 4.32. The molecule has 202 valence electrons. The Morgan fingerprint density at radius 3 is 2.52 bits per heavy atom. The minimum atomic E-state index is -0.898. The molecule has 6 rings (SSSR count). The number of aryl methyl sites for hydroxylation is 1. The fraction of sp³-hybridized carbons (Fsp3) is 0.185. The number of anilines is 2. The summed E-state index contributed by atoms with van der Waals surface area (Å²) in [5, 5.41) is 13.4. The zero-order valence-corrected chi connectivity index (χ0v) is 22.4. The molecule has 1 saturated heterocycles. The standard InChI is InChI=1S/C27H20N4O7S2/c1-14-4-2-5-15(12-14)28-19(32)13-29-26-23(40-27(29)35)20(18-6-3-11-38-18)21-22(39-26)25(34)30(24(21)33)16-7-9-17(10-8-16)31(36)37/h2-12,20-22H,13H2,1H3,(H,28,32). The van der Waals surface area contributed by atoms with Gasteiger partial charge in [-0.3, -0.25) is 33.9 Å². The van der Waals surface area contributed by atoms with Crippen LogP contribution in [0.15, 0.2) is 81.2 Å². The van der Waals surface area contributed by atoms with Gasteiger partial charge in [0.15, 0.2) is 0 Å². The van der Waals surface area contributed by atoms with Crippen molar-refractivity contribution < 1.29 is 23.7 Å². The van der Waals surface area contributed by atoms with Gasteiger partial charge in [-0.15, -0.1) is 0 Å². The van der Waals surface area contributed by atoms with Crippen molar-refractivity contribution in [3.8, 4) is 0 Å². The highest BCUT2D eigenvalue weighted by Gasteiger charge is 2.57. The van der Waals surface area contributed by atoms with Gasteiger partial charge in [0.2, 0.25) is 17.7 Å². The van der Waals surface area contributed by atoms with Crippen LogP contribution in [0.1, 0.15) is 22.1 Å². The van der Waals surface area contributed by atoms with Crippen molar-refractivity contribution in [1.82, 2.24) is 4.57 Å². The highest BCUT2D eigenvalue weighted by molar-refractivity contribution is 8.00. The predicted molar refractivity (Wildman–Crippen MR) is 148 cm³/mol. The lowest BCUT2D eigenvalue weighted by Gasteiger charge is -2.29. The van der Waals surface area contributed by atoms with Gasteiger partial charge in [0.05, 0.1) is 38.6 Å². The number of nitro groups is 1. The van der Waals surface area contributed by atoms with Crippen molar-refractivity contribution >= 4 is 57.9 Å². The van der Waals surface area contributed by atoms with Gasteiger partial charge in [-0.05, 0) is 48.9 Å². The van der Waals surface area contributed by atoms with E-state index in [2.05, 4.69) is 5.32 Å². The molecule has 0 bridgehead atoms. The summed E-state index contributed by atoms with van der Waals surface area (Å²) in [5.41, 5.74) is 1.61. The van der Waals surface area contributed by atoms with Crippen molar-refractivity contribution in [2.24, 2.45) is 5.92 Å². The van der Waals surface area contributed by atoms with Crippen LogP contribution in [0.25, 0.3) is 0 Å². The number of hydrogen-bond donors (Lipinski definition) is 1. The van der Waals surface area contributed by atoms with Crippen LogP contribution in [-0.2, 0) is 20.9 Å². The van der Waals surface area contributed by atoms with Crippen molar-refractivity contribution in [1.29, 1.82) is 0 Å². The van der Waals surface area contributed by atoms with Crippen LogP contribution in [0.2, 0.25) is 0 Å². The van der Waals surface area contributed by atoms with E-state index in [0.29, 0.717) is 21.4 Å². The number of nitro benzene ring substituents is 1. The summed E-state index contributed by atoms with van der Waals surface area (Å²) in [7, 11) is 0. The van der Waals surface area contributed by atoms with Crippen LogP contribution in [0.4, 0.5) is 17.1 Å². The van der Waals surface area contributed by atoms with E-state index in [0.717, 1.165) is 33.6 Å². The Kier molecular flexibility index (Phi) is 6.39. The van der Waals surface area contributed by atoms with E-state index < -0.39 is 39.7 Å². The number of nitrogens with one attached hydrogen (secondary N) is 1. The van der Waals surface area contributed by atoms with Crippen molar-refractivity contribution in [3.05, 3.63) is 103 Å². The Balaban J connectivity index is 1.37. The number of furan rings is 1. The Morgan fingerprint density at radius 1 is 1.07 bits per heavy atom. The van der Waals surface area contributed by atoms with Gasteiger partial charge in [0.25, 0.3) is 5.69 Å². The van der Waals surface area contributed by atoms with Gasteiger partial charge in [-0.2, -0.15) is 0 Å². The van der Waals surface area contributed by atoms with Gasteiger partial charge < -0.3 is 9.73 Å². The topological polar surface area (TPSA) is 145 Å². The SMILES string of the molecule is Cc1cccc(NC(=O)Cn2c3c(sc2=O)C(c2ccco2)C2C(=O)N(c4ccc([N+](=O)[O-])cc4)C(=O)C2S3)c1. The largest absolute Gasteiger partial charge is 0.469 e. The molecule has 0 radical (unpaired) electrons. The molecule has 2 aliphatic heterocycles. The number of nitrogens with zero attached hydrogens (tertiary/aromatic N) is 3. The molecule has 3 amide bonds. The zero-order chi connectivity index (χ0) is 28.1. The molecular weight excluding hydrogens is 556 g/mol. The average molecular weight is 577 g/mol. The Bertz CT molecular complexity index is 1730. The number of non-ortho nitro benzene ring substituents is 1. The van der Waals surface area contributed by atoms with E-state index in [1.807, 2.05) is 25.1 Å². The number of amides is 3. The second kappa shape index (κ2) is 9.92. The van der Waals surface area contributed by atoms with Gasteiger partial charge in [-0.1, -0.05) is 35.2 Å². The maximum absolute atomic E-state index is 13.8. The second-order valence-electron chi connectivity index (χ2n) is 9.38. The van der Waals surface area contributed by atoms with Crippen LogP contribution in [0.5, 0.6) is 0 Å². The van der Waals surface area contributed by atoms with E-state index in [9.17, 15) is 29.3 Å². The van der Waals surface area contributed by atoms with Gasteiger partial charge >= 0.3 is 4.87 Å². The summed E-state index contributed by atoms with van der Waals surface area (Å²) in [6.45, 7) is 1.62. The molecule has 3 unspecified atom stereocenters. The van der Waals surface area contributed by atoms with Crippen molar-refractivity contribution in [2.45, 2.75) is 29.7 Å². The molecule has 0 spiro atoms. The summed E-state index contributed by atoms with van der Waals surface area (Å²) < 4.78 is 7.00. The summed E-state index contributed by atoms with van der Waals surface area (Å²) in [5.74, 6) is -2.60. The first-order chi connectivity index (χ1) is 19.2. The maximum atomic E-state index is 13.8. The first-order valence-corrected chi connectivity index (χ1v) is 13.8. The summed E-state index contributed by atoms with van der Waals surface area (Å²) in [4.78, 5) is 65.2. The molecule has 0 saturated carbocycles. The summed E-state index contributed by atoms with van der Waals surface area (Å²) in [6, 6.07) is 15.8. The lowest BCUT2D eigenvalue weighted by molar-refractivity contribution is -0.384. The van der Waals surface area contributed by atoms with Crippen LogP contribution >= 0.6 is 23.1 Å². The molecule has 40 heavy (non-hydrogen) atoms. The van der Waals surface area contributed by atoms with Crippen LogP contribution in [0, 0.1) is 23.0 Å². The first kappa shape index (κ1) is 25.8. The lowest BCUT2D eigenvalue weighted by atomic mass is 9.87. The van der Waals surface area contributed by atoms with Gasteiger partial charge in [-0.25, -0.2) is 4.90 Å². The monoisotopic (exact) mass is 576 g/mol. The third-order valence-electron chi connectivity index (χ3n) is 6.82. The van der Waals surface area contributed by atoms with E-state index in [1.165, 1.54) is 35.1 Å². The number of thioether (sulfide) groups is 1. The Hall–Kier alpha value is -4.49. The number of rotatable bonds is 6. The van der Waals surface area contributed by atoms with Crippen molar-refractivity contribution in [2.75, 3.05) is 10.2 Å². The Morgan fingerprint density at radius 2 is 1.85 bits per heavy atom. The molecular formula is C27H20N4O7S2. The van der Waals surface area contributed by atoms with Gasteiger partial charge in [0, 0.05) is 17.8 Å². The fourth-order valence-electron chi connectivity index (χ4n) is 5.08. The second-order valence-corrected chi connectivity index (χ2v) is 11.5. The zero-order valence-electron chi connectivity index (χ0n) is 20.8. The normalized spacial score (nSPS) is 19.8. The number of fused-ring (bicyclic) bond motifs is 2. The number of aromatic nitrogens is 1. The third-order valence-corrected chi connectivity index (χ3v) is 9.43. The number of imide groups is 1. The summed E-state index contributed by atoms with van der Waals surface area (Å²) >= 11 is 1.99. The quantitative estimate of drug-likeness (QED) is 0.205. The molecule has 1 N–H and O–H groups in total. The maximum Gasteiger partial charge on any atom is 0.308 e. The first-order valence-electron chi connectivity index (χ1n) is 12.2. The average Bonchev–Trinajstić information content (AvgIpc) is 3.61. The molecule has 4 aromatic rings. The van der Waals surface area contributed by atoms with Gasteiger partial charge in [0.1, 0.15) is 17.6 Å². The van der Waals surface area contributed by atoms with Crippen LogP contribution < -0.4 is 15.1 Å². The fourth-order valence-corrected chi connectivity index (χ4v) is 7.83. The lowest BCUT2D eigenvalue weighted by Crippen LogP contribution is -2.32. The molecule has 3 atom stereocenters. The van der Waals surface area contributed by atoms with Crippen LogP contribution in [0.3, 0.4) is 0 Å². The Labute approximate surface area is 234 Å². The van der Waals surface area contributed by atoms with E-state index >= 15 is 0 Å². The van der Waals surface area contributed by atoms with E-state index in [-0.39, 0.29) is 22.8 Å². The number of carbonyl (C=O) groups is 3. The highest BCUT2D eigenvalue weighted by Crippen LogP contribution is 2.54. The minimum Gasteiger partial charge on any atom is -0.469 e. The van der Waals surface area contributed by atoms with Crippen LogP contribution in [-0.4, -0.2) is 32.5 Å². The minimum absolute atomic E-state index is 0.168. The van der Waals surface area contributed by atoms with E-state index in [4.69, 9.17) is 4.42 Å². The predicted octanol–water partition coefficient (Wildman–Crippen LogP) is 4.15. The number of hydrogen-bond acceptors (Lipinski definition) is 9. The number of thiazole rings is 1. The molecule has 0 aliphatic carbocycles. The summed E-state index contributed by atoms with van der Waals surface area (Å²) in [6.07, 6.45) is 1.45. The molecule has 11 nitrogen and oxygen atoms in total. The molecule has 13 heteroatoms. The molecule has 2 aliphatic rings.